The number of halogens is 3. The van der Waals surface area contributed by atoms with E-state index in [1.165, 1.54) is 0 Å². The molecule has 3 saturated carbocycles. The highest BCUT2D eigenvalue weighted by atomic mass is 19.4. The SMILES string of the molecule is CC(C)NC(=O)C1=C[C@@]2(C)C(CC[C@@H]3[C@H]2CC[C@]2(C)C(CC(F)(F)F)CC[C@@H]32)NC1=O. The van der Waals surface area contributed by atoms with Gasteiger partial charge >= 0.3 is 6.18 Å². The van der Waals surface area contributed by atoms with Gasteiger partial charge in [0.25, 0.3) is 11.8 Å². The number of nitrogens with one attached hydrogen (secondary N) is 2. The molecule has 4 aliphatic rings. The van der Waals surface area contributed by atoms with Crippen LogP contribution in [-0.4, -0.2) is 30.1 Å². The Morgan fingerprint density at radius 3 is 2.52 bits per heavy atom. The van der Waals surface area contributed by atoms with Crippen molar-refractivity contribution in [3.8, 4) is 0 Å². The van der Waals surface area contributed by atoms with Gasteiger partial charge in [0.1, 0.15) is 5.57 Å². The third-order valence-corrected chi connectivity index (χ3v) is 9.12. The van der Waals surface area contributed by atoms with E-state index in [9.17, 15) is 22.8 Å². The van der Waals surface area contributed by atoms with E-state index >= 15 is 0 Å². The molecule has 1 heterocycles. The van der Waals surface area contributed by atoms with Gasteiger partial charge in [-0.25, -0.2) is 0 Å². The lowest BCUT2D eigenvalue weighted by Gasteiger charge is -2.59. The molecule has 7 heteroatoms. The molecule has 2 amide bonds. The average molecular weight is 441 g/mol. The Morgan fingerprint density at radius 1 is 1.16 bits per heavy atom. The summed E-state index contributed by atoms with van der Waals surface area (Å²) < 4.78 is 39.6. The lowest BCUT2D eigenvalue weighted by Crippen LogP contribution is -2.61. The lowest BCUT2D eigenvalue weighted by molar-refractivity contribution is -0.159. The first-order chi connectivity index (χ1) is 14.3. The highest BCUT2D eigenvalue weighted by Crippen LogP contribution is 2.66. The van der Waals surface area contributed by atoms with Crippen molar-refractivity contribution in [1.82, 2.24) is 10.6 Å². The number of hydrogen-bond acceptors (Lipinski definition) is 2. The van der Waals surface area contributed by atoms with Crippen LogP contribution in [-0.2, 0) is 9.59 Å². The number of amides is 2. The van der Waals surface area contributed by atoms with E-state index in [0.29, 0.717) is 12.3 Å². The maximum atomic E-state index is 13.2. The van der Waals surface area contributed by atoms with Gasteiger partial charge in [0.2, 0.25) is 0 Å². The minimum Gasteiger partial charge on any atom is -0.350 e. The third-order valence-electron chi connectivity index (χ3n) is 9.12. The Kier molecular flexibility index (Phi) is 5.49. The molecule has 2 N–H and O–H groups in total. The van der Waals surface area contributed by atoms with Crippen molar-refractivity contribution < 1.29 is 22.8 Å². The normalized spacial score (nSPS) is 42.3. The molecule has 0 aromatic rings. The van der Waals surface area contributed by atoms with Crippen molar-refractivity contribution in [2.24, 2.45) is 34.5 Å². The summed E-state index contributed by atoms with van der Waals surface area (Å²) in [5.41, 5.74) is -0.425. The highest BCUT2D eigenvalue weighted by Gasteiger charge is 2.61. The van der Waals surface area contributed by atoms with Gasteiger partial charge in [0.15, 0.2) is 0 Å². The van der Waals surface area contributed by atoms with Crippen LogP contribution in [0.4, 0.5) is 13.2 Å². The molecule has 0 radical (unpaired) electrons. The van der Waals surface area contributed by atoms with Crippen LogP contribution in [0.3, 0.4) is 0 Å². The summed E-state index contributed by atoms with van der Waals surface area (Å²) in [6.07, 6.45) is 2.01. The highest BCUT2D eigenvalue weighted by molar-refractivity contribution is 6.19. The molecular weight excluding hydrogens is 405 g/mol. The predicted molar refractivity (Wildman–Crippen MR) is 112 cm³/mol. The maximum Gasteiger partial charge on any atom is 0.389 e. The number of fused-ring (bicyclic) bond motifs is 5. The molecule has 0 aromatic carbocycles. The summed E-state index contributed by atoms with van der Waals surface area (Å²) in [5.74, 6) is -0.0458. The molecule has 3 aliphatic carbocycles. The fraction of sp³-hybridized carbons (Fsp3) is 0.833. The van der Waals surface area contributed by atoms with Crippen LogP contribution in [0, 0.1) is 34.5 Å². The molecule has 0 aromatic heterocycles. The van der Waals surface area contributed by atoms with Crippen LogP contribution in [0.2, 0.25) is 0 Å². The van der Waals surface area contributed by atoms with Crippen molar-refractivity contribution in [3.05, 3.63) is 11.6 Å². The van der Waals surface area contributed by atoms with Gasteiger partial charge in [0, 0.05) is 23.9 Å². The van der Waals surface area contributed by atoms with Crippen molar-refractivity contribution in [3.63, 3.8) is 0 Å². The summed E-state index contributed by atoms with van der Waals surface area (Å²) >= 11 is 0. The largest absolute Gasteiger partial charge is 0.389 e. The second-order valence-corrected chi connectivity index (χ2v) is 11.2. The molecule has 4 rings (SSSR count). The van der Waals surface area contributed by atoms with E-state index in [1.54, 1.807) is 0 Å². The van der Waals surface area contributed by atoms with Gasteiger partial charge in [0.05, 0.1) is 0 Å². The van der Waals surface area contributed by atoms with E-state index < -0.39 is 12.6 Å². The molecule has 3 fully saturated rings. The monoisotopic (exact) mass is 440 g/mol. The van der Waals surface area contributed by atoms with Crippen molar-refractivity contribution >= 4 is 11.8 Å². The van der Waals surface area contributed by atoms with Crippen LogP contribution in [0.1, 0.15) is 72.6 Å². The molecule has 1 aliphatic heterocycles. The van der Waals surface area contributed by atoms with Gasteiger partial charge < -0.3 is 10.6 Å². The molecule has 2 unspecified atom stereocenters. The molecule has 31 heavy (non-hydrogen) atoms. The van der Waals surface area contributed by atoms with Gasteiger partial charge in [-0.2, -0.15) is 13.2 Å². The molecular formula is C24H35F3N2O2. The summed E-state index contributed by atoms with van der Waals surface area (Å²) in [7, 11) is 0. The minimum atomic E-state index is -4.11. The van der Waals surface area contributed by atoms with Crippen molar-refractivity contribution in [1.29, 1.82) is 0 Å². The Balaban J connectivity index is 1.62. The standard InChI is InChI=1S/C24H35F3N2O2/c1-13(2)28-20(30)16-12-23(4)18-9-10-22(3)14(11-24(25,26)27)5-7-17(22)15(18)6-8-19(23)29-21(16)31/h12-15,17-19H,5-11H2,1-4H3,(H,28,30)(H,29,31)/t14?,15-,17-,18+,19?,22+,23+/m0/s1. The smallest absolute Gasteiger partial charge is 0.350 e. The van der Waals surface area contributed by atoms with E-state index in [0.717, 1.165) is 32.1 Å². The summed E-state index contributed by atoms with van der Waals surface area (Å²) in [5, 5.41) is 5.91. The number of carbonyl (C=O) groups excluding carboxylic acids is 2. The number of rotatable bonds is 3. The predicted octanol–water partition coefficient (Wildman–Crippen LogP) is 4.75. The molecule has 174 valence electrons. The zero-order valence-corrected chi connectivity index (χ0v) is 18.9. The quantitative estimate of drug-likeness (QED) is 0.623. The van der Waals surface area contributed by atoms with Crippen LogP contribution < -0.4 is 10.6 Å². The van der Waals surface area contributed by atoms with Gasteiger partial charge in [-0.1, -0.05) is 19.9 Å². The summed E-state index contributed by atoms with van der Waals surface area (Å²) in [6, 6.07) is -0.0844. The van der Waals surface area contributed by atoms with Crippen LogP contribution >= 0.6 is 0 Å². The lowest BCUT2D eigenvalue weighted by atomic mass is 9.47. The van der Waals surface area contributed by atoms with E-state index in [2.05, 4.69) is 24.5 Å². The fourth-order valence-corrected chi connectivity index (χ4v) is 7.67. The van der Waals surface area contributed by atoms with Gasteiger partial charge in [-0.3, -0.25) is 9.59 Å². The Bertz CT molecular complexity index is 792. The fourth-order valence-electron chi connectivity index (χ4n) is 7.67. The number of alkyl halides is 3. The number of carbonyl (C=O) groups is 2. The van der Waals surface area contributed by atoms with Crippen molar-refractivity contribution in [2.45, 2.75) is 90.9 Å². The summed E-state index contributed by atoms with van der Waals surface area (Å²) in [4.78, 5) is 25.3. The maximum absolute atomic E-state index is 13.2. The van der Waals surface area contributed by atoms with E-state index in [-0.39, 0.29) is 58.1 Å². The molecule has 7 atom stereocenters. The average Bonchev–Trinajstić information content (AvgIpc) is 2.96. The zero-order chi connectivity index (χ0) is 22.8. The van der Waals surface area contributed by atoms with Crippen LogP contribution in [0.25, 0.3) is 0 Å². The first-order valence-corrected chi connectivity index (χ1v) is 11.8. The minimum absolute atomic E-state index is 0.0198. The Labute approximate surface area is 182 Å². The Hall–Kier alpha value is -1.53. The second-order valence-electron chi connectivity index (χ2n) is 11.2. The van der Waals surface area contributed by atoms with Crippen LogP contribution in [0.15, 0.2) is 11.6 Å². The summed E-state index contributed by atoms with van der Waals surface area (Å²) in [6.45, 7) is 7.95. The molecule has 0 spiro atoms. The molecule has 0 bridgehead atoms. The van der Waals surface area contributed by atoms with Crippen LogP contribution in [0.5, 0.6) is 0 Å². The third kappa shape index (κ3) is 3.80. The topological polar surface area (TPSA) is 58.2 Å². The molecule has 4 nitrogen and oxygen atoms in total. The first-order valence-electron chi connectivity index (χ1n) is 11.8. The van der Waals surface area contributed by atoms with Gasteiger partial charge in [-0.05, 0) is 81.5 Å². The second kappa shape index (κ2) is 7.51. The van der Waals surface area contributed by atoms with Crippen molar-refractivity contribution in [2.75, 3.05) is 0 Å². The van der Waals surface area contributed by atoms with Gasteiger partial charge in [-0.15, -0.1) is 0 Å². The number of hydrogen-bond donors (Lipinski definition) is 2. The first kappa shape index (κ1) is 22.7. The Morgan fingerprint density at radius 2 is 1.87 bits per heavy atom. The van der Waals surface area contributed by atoms with E-state index in [1.807, 2.05) is 19.9 Å². The molecule has 0 saturated heterocycles. The zero-order valence-electron chi connectivity index (χ0n) is 18.9. The van der Waals surface area contributed by atoms with E-state index in [4.69, 9.17) is 0 Å².